The Labute approximate surface area is 451 Å². The van der Waals surface area contributed by atoms with E-state index in [2.05, 4.69) is 55.4 Å². The van der Waals surface area contributed by atoms with Gasteiger partial charge in [0.2, 0.25) is 11.8 Å². The highest BCUT2D eigenvalue weighted by Crippen LogP contribution is 2.34. The first-order chi connectivity index (χ1) is 36.9. The Bertz CT molecular complexity index is 2800. The summed E-state index contributed by atoms with van der Waals surface area (Å²) in [5, 5.41) is 12.1. The van der Waals surface area contributed by atoms with Crippen LogP contribution in [0, 0.1) is 16.1 Å². The highest BCUT2D eigenvalue weighted by molar-refractivity contribution is 6.18. The van der Waals surface area contributed by atoms with E-state index in [0.717, 1.165) is 79.1 Å². The van der Waals surface area contributed by atoms with Gasteiger partial charge >= 0.3 is 6.17 Å². The van der Waals surface area contributed by atoms with Crippen LogP contribution in [0.3, 0.4) is 0 Å². The van der Waals surface area contributed by atoms with Crippen LogP contribution < -0.4 is 41.9 Å². The Morgan fingerprint density at radius 3 is 2.53 bits per heavy atom. The number of aromatic nitrogens is 2. The number of ether oxygens (including phenoxy) is 2. The van der Waals surface area contributed by atoms with Crippen molar-refractivity contribution < 1.29 is 37.9 Å². The summed E-state index contributed by atoms with van der Waals surface area (Å²) in [5.74, 6) is 0.105. The lowest BCUT2D eigenvalue weighted by molar-refractivity contribution is -0.665. The molecule has 5 atom stereocenters. The molecule has 7 rings (SSSR count). The van der Waals surface area contributed by atoms with Gasteiger partial charge in [0.25, 0.3) is 11.8 Å². The molecule has 1 unspecified atom stereocenters. The number of hydrazine groups is 1. The maximum atomic E-state index is 14.7. The minimum Gasteiger partial charge on any atom is -0.494 e. The van der Waals surface area contributed by atoms with Gasteiger partial charge in [0.05, 0.1) is 48.7 Å². The minimum absolute atomic E-state index is 0.0416. The molecule has 0 fully saturated rings. The average molecular weight is 1060 g/mol. The van der Waals surface area contributed by atoms with Crippen molar-refractivity contribution in [2.45, 2.75) is 142 Å². The third-order valence-electron chi connectivity index (χ3n) is 14.5. The summed E-state index contributed by atoms with van der Waals surface area (Å²) < 4.78 is 26.7. The van der Waals surface area contributed by atoms with Crippen molar-refractivity contribution in [2.24, 2.45) is 11.1 Å². The van der Waals surface area contributed by atoms with E-state index >= 15 is 0 Å². The third-order valence-corrected chi connectivity index (χ3v) is 14.5. The van der Waals surface area contributed by atoms with Gasteiger partial charge in [-0.2, -0.15) is 0 Å². The Morgan fingerprint density at radius 1 is 1.00 bits per heavy atom. The zero-order chi connectivity index (χ0) is 55.2. The number of carbonyl (C=O) groups is 4. The monoisotopic (exact) mass is 1060 g/mol. The van der Waals surface area contributed by atoms with Crippen LogP contribution in [0.25, 0.3) is 5.57 Å². The summed E-state index contributed by atoms with van der Waals surface area (Å²) in [6.45, 7) is 14.2. The molecule has 19 heteroatoms. The molecule has 7 N–H and O–H groups in total. The van der Waals surface area contributed by atoms with Crippen molar-refractivity contribution in [2.75, 3.05) is 38.6 Å². The van der Waals surface area contributed by atoms with Crippen molar-refractivity contribution in [3.63, 3.8) is 0 Å². The van der Waals surface area contributed by atoms with Crippen molar-refractivity contribution in [3.05, 3.63) is 136 Å². The summed E-state index contributed by atoms with van der Waals surface area (Å²) in [6.07, 6.45) is 10.4. The molecular weight excluding hydrogens is 982 g/mol. The fraction of sp³-hybridized carbons (Fsp3) is 0.483. The van der Waals surface area contributed by atoms with Gasteiger partial charge in [-0.1, -0.05) is 83.4 Å². The molecule has 3 aromatic carbocycles. The Morgan fingerprint density at radius 2 is 1.77 bits per heavy atom. The van der Waals surface area contributed by atoms with Gasteiger partial charge in [0.15, 0.2) is 5.82 Å². The standard InChI is InChI=1S/C58H76FN11O7/c1-37-35-68(56(73)47(34-60)54-63-27-26-50(65-54)64-38(2)46-33-43(59)23-25-49(46)77-37)29-28-62-51(71)21-12-10-8-9-11-15-30-76-44-24-22-41-32-52(70(75)67-48-20-16-18-40-17-13-14-19-45(40)48)69(36-42(41)31-44)57(74)53(58(4,5)6)66-55(72)39(3)61-7/h13-14,17,19,22-27,31,33-34,38-39,48,52-53,61H,1,8-12,15-16,18,20-21,28-30,32,35-36H2,2-7H3,(H5-,60,62,63,64,65,66,67,71,72,73,75)/p+1/t38-,39-,48?,52+,53+/m1/s1. The first kappa shape index (κ1) is 57.3. The lowest BCUT2D eigenvalue weighted by Gasteiger charge is -2.38. The molecule has 4 aromatic rings. The van der Waals surface area contributed by atoms with Crippen molar-refractivity contribution >= 4 is 35.0 Å². The molecule has 1 aromatic heterocycles. The lowest BCUT2D eigenvalue weighted by Crippen LogP contribution is -2.62. The highest BCUT2D eigenvalue weighted by atomic mass is 19.1. The molecule has 0 spiro atoms. The van der Waals surface area contributed by atoms with Crippen molar-refractivity contribution in [1.29, 1.82) is 0 Å². The normalized spacial score (nSPS) is 18.8. The van der Waals surface area contributed by atoms with E-state index in [1.165, 1.54) is 34.9 Å². The van der Waals surface area contributed by atoms with Gasteiger partial charge in [-0.05, 0) is 117 Å². The molecule has 0 saturated carbocycles. The van der Waals surface area contributed by atoms with Crippen molar-refractivity contribution in [3.8, 4) is 11.5 Å². The van der Waals surface area contributed by atoms with Crippen LogP contribution in [0.5, 0.6) is 11.5 Å². The second-order valence-electron chi connectivity index (χ2n) is 21.3. The number of nitroso groups, excluding NO2 is 1. The second kappa shape index (κ2) is 26.6. The quantitative estimate of drug-likeness (QED) is 0.0219. The molecule has 3 aliphatic rings. The van der Waals surface area contributed by atoms with Crippen LogP contribution in [0.4, 0.5) is 10.2 Å². The minimum atomic E-state index is -0.894. The number of unbranched alkanes of at least 4 members (excludes halogenated alkanes) is 5. The number of nitrogens with two attached hydrogens (primary N) is 1. The van der Waals surface area contributed by atoms with Crippen LogP contribution in [-0.4, -0.2) is 99.8 Å². The molecule has 1 aliphatic carbocycles. The fourth-order valence-corrected chi connectivity index (χ4v) is 10.00. The molecule has 0 saturated heterocycles. The van der Waals surface area contributed by atoms with E-state index < -0.39 is 41.4 Å². The number of nitrogens with zero attached hydrogens (tertiary/aromatic N) is 5. The summed E-state index contributed by atoms with van der Waals surface area (Å²) in [4.78, 5) is 81.8. The number of hydrogen-bond donors (Lipinski definition) is 6. The smallest absolute Gasteiger partial charge is 0.315 e. The molecule has 412 valence electrons. The summed E-state index contributed by atoms with van der Waals surface area (Å²) in [7, 11) is 1.69. The fourth-order valence-electron chi connectivity index (χ4n) is 10.00. The van der Waals surface area contributed by atoms with Crippen LogP contribution in [0.2, 0.25) is 0 Å². The Balaban J connectivity index is 0.873. The molecule has 77 heavy (non-hydrogen) atoms. The second-order valence-corrected chi connectivity index (χ2v) is 21.3. The zero-order valence-corrected chi connectivity index (χ0v) is 45.5. The number of anilines is 1. The molecule has 4 amide bonds. The zero-order valence-electron chi connectivity index (χ0n) is 45.5. The van der Waals surface area contributed by atoms with Gasteiger partial charge in [0.1, 0.15) is 45.8 Å². The van der Waals surface area contributed by atoms with Crippen LogP contribution in [0.1, 0.15) is 138 Å². The summed E-state index contributed by atoms with van der Waals surface area (Å²) in [5.41, 5.74) is 13.3. The average Bonchev–Trinajstić information content (AvgIpc) is 3.41. The van der Waals surface area contributed by atoms with Crippen LogP contribution in [-0.2, 0) is 38.6 Å². The van der Waals surface area contributed by atoms with Gasteiger partial charge in [-0.25, -0.2) is 14.4 Å². The van der Waals surface area contributed by atoms with Gasteiger partial charge in [-0.15, -0.1) is 5.43 Å². The van der Waals surface area contributed by atoms with E-state index in [1.54, 1.807) is 24.9 Å². The summed E-state index contributed by atoms with van der Waals surface area (Å²) in [6, 6.07) is 17.8. The predicted molar refractivity (Wildman–Crippen MR) is 293 cm³/mol. The molecular formula is C58H77FN11O7+. The van der Waals surface area contributed by atoms with E-state index in [9.17, 15) is 28.5 Å². The Hall–Kier alpha value is -7.41. The van der Waals surface area contributed by atoms with E-state index in [-0.39, 0.29) is 73.5 Å². The number of likely N-dealkylation sites (N-methyl/N-ethyl adjacent to an activating group) is 1. The van der Waals surface area contributed by atoms with Crippen LogP contribution in [0.15, 0.2) is 91.5 Å². The number of rotatable bonds is 20. The van der Waals surface area contributed by atoms with E-state index in [0.29, 0.717) is 42.3 Å². The number of carbonyl (C=O) groups excluding carboxylic acids is 4. The molecule has 3 heterocycles. The van der Waals surface area contributed by atoms with Gasteiger partial charge < -0.3 is 41.4 Å². The highest BCUT2D eigenvalue weighted by Gasteiger charge is 2.47. The third kappa shape index (κ3) is 15.2. The number of fused-ring (bicyclic) bond motifs is 5. The molecule has 18 nitrogen and oxygen atoms in total. The largest absolute Gasteiger partial charge is 0.494 e. The van der Waals surface area contributed by atoms with E-state index in [4.69, 9.17) is 15.2 Å². The molecule has 0 radical (unpaired) electrons. The number of amides is 4. The first-order valence-corrected chi connectivity index (χ1v) is 27.0. The maximum Gasteiger partial charge on any atom is 0.315 e. The lowest BCUT2D eigenvalue weighted by atomic mass is 9.84. The van der Waals surface area contributed by atoms with Crippen molar-refractivity contribution in [1.82, 2.24) is 41.1 Å². The summed E-state index contributed by atoms with van der Waals surface area (Å²) >= 11 is 0. The first-order valence-electron chi connectivity index (χ1n) is 27.0. The van der Waals surface area contributed by atoms with Gasteiger partial charge in [0, 0.05) is 37.5 Å². The SMILES string of the molecule is C=C1CN(CCNC(=O)CCCCCCCCOc2ccc3c(c2)CN(C(=O)[C@H](NC(=O)[C@@H](C)NC)C(C)(C)C)[C@@H]([N+](=O)NC2CCCc4ccccc42)C3)C(=O)/C(=C/N)c2nccc(n2)N[C@H](C)c2cc(F)ccc2O1. The van der Waals surface area contributed by atoms with Crippen LogP contribution >= 0.6 is 0 Å². The molecule has 2 bridgehead atoms. The van der Waals surface area contributed by atoms with E-state index in [1.807, 2.05) is 58.0 Å². The predicted octanol–water partition coefficient (Wildman–Crippen LogP) is 7.46. The van der Waals surface area contributed by atoms with Gasteiger partial charge in [-0.3, -0.25) is 24.1 Å². The number of hydrogen-bond acceptors (Lipinski definition) is 12. The number of aryl methyl sites for hydroxylation is 1. The number of nitrogens with one attached hydrogen (secondary N) is 5. The number of halogens is 1. The maximum absolute atomic E-state index is 14.7. The number of benzene rings is 3. The Kier molecular flexibility index (Phi) is 19.8. The molecule has 2 aliphatic heterocycles. The topological polar surface area (TPSA) is 225 Å².